The summed E-state index contributed by atoms with van der Waals surface area (Å²) in [6.07, 6.45) is -0.0658. The van der Waals surface area contributed by atoms with Crippen molar-refractivity contribution in [2.24, 2.45) is 0 Å². The molecule has 0 fully saturated rings. The maximum Gasteiger partial charge on any atom is 0.276 e. The zero-order chi connectivity index (χ0) is 21.4. The number of hydrogen-bond acceptors (Lipinski definition) is 4. The van der Waals surface area contributed by atoms with E-state index >= 15 is 0 Å². The lowest BCUT2D eigenvalue weighted by molar-refractivity contribution is -0.130. The molecule has 2 rings (SSSR count). The molecule has 0 atom stereocenters. The Labute approximate surface area is 174 Å². The summed E-state index contributed by atoms with van der Waals surface area (Å²) >= 11 is 5.86. The minimum absolute atomic E-state index is 0.00447. The molecule has 0 aromatic heterocycles. The highest BCUT2D eigenvalue weighted by molar-refractivity contribution is 6.30. The minimum atomic E-state index is -0.521. The molecular weight excluding hydrogens is 394 g/mol. The predicted molar refractivity (Wildman–Crippen MR) is 112 cm³/mol. The maximum absolute atomic E-state index is 12.0. The van der Waals surface area contributed by atoms with Gasteiger partial charge in [-0.3, -0.25) is 25.2 Å². The molecule has 0 aliphatic heterocycles. The van der Waals surface area contributed by atoms with Crippen LogP contribution < -0.4 is 20.9 Å². The number of hydrazine groups is 1. The van der Waals surface area contributed by atoms with Crippen LogP contribution in [0.25, 0.3) is 0 Å². The number of carbonyl (C=O) groups excluding carboxylic acids is 3. The molecule has 0 saturated carbocycles. The highest BCUT2D eigenvalue weighted by Crippen LogP contribution is 2.21. The summed E-state index contributed by atoms with van der Waals surface area (Å²) in [6.45, 7) is 5.41. The van der Waals surface area contributed by atoms with Crippen LogP contribution in [0.2, 0.25) is 5.02 Å². The van der Waals surface area contributed by atoms with Crippen LogP contribution in [0.3, 0.4) is 0 Å². The summed E-state index contributed by atoms with van der Waals surface area (Å²) in [5.74, 6) is -0.747. The van der Waals surface area contributed by atoms with Gasteiger partial charge >= 0.3 is 0 Å². The van der Waals surface area contributed by atoms with Crippen LogP contribution in [-0.2, 0) is 14.4 Å². The fourth-order valence-corrected chi connectivity index (χ4v) is 2.78. The van der Waals surface area contributed by atoms with Gasteiger partial charge < -0.3 is 10.1 Å². The van der Waals surface area contributed by atoms with Gasteiger partial charge in [0, 0.05) is 23.6 Å². The molecular formula is C21H24ClN3O4. The molecule has 3 N–H and O–H groups in total. The second-order valence-electron chi connectivity index (χ2n) is 6.66. The normalized spacial score (nSPS) is 10.2. The zero-order valence-electron chi connectivity index (χ0n) is 16.6. The quantitative estimate of drug-likeness (QED) is 0.602. The minimum Gasteiger partial charge on any atom is -0.483 e. The number of aryl methyl sites for hydroxylation is 3. The molecule has 0 radical (unpaired) electrons. The van der Waals surface area contributed by atoms with Gasteiger partial charge in [-0.05, 0) is 56.2 Å². The van der Waals surface area contributed by atoms with E-state index in [1.807, 2.05) is 39.0 Å². The summed E-state index contributed by atoms with van der Waals surface area (Å²) in [6, 6.07) is 10.7. The van der Waals surface area contributed by atoms with Crippen molar-refractivity contribution < 1.29 is 19.1 Å². The summed E-state index contributed by atoms with van der Waals surface area (Å²) in [4.78, 5) is 35.6. The first-order valence-corrected chi connectivity index (χ1v) is 9.46. The van der Waals surface area contributed by atoms with Gasteiger partial charge in [-0.2, -0.15) is 0 Å². The van der Waals surface area contributed by atoms with E-state index in [-0.39, 0.29) is 25.4 Å². The molecule has 0 unspecified atom stereocenters. The molecule has 29 heavy (non-hydrogen) atoms. The van der Waals surface area contributed by atoms with Gasteiger partial charge in [0.25, 0.3) is 5.91 Å². The van der Waals surface area contributed by atoms with Crippen molar-refractivity contribution >= 4 is 35.0 Å². The average Bonchev–Trinajstić information content (AvgIpc) is 2.66. The van der Waals surface area contributed by atoms with E-state index in [2.05, 4.69) is 16.2 Å². The molecule has 7 nitrogen and oxygen atoms in total. The number of anilines is 1. The highest BCUT2D eigenvalue weighted by Gasteiger charge is 2.10. The number of rotatable bonds is 7. The lowest BCUT2D eigenvalue weighted by Crippen LogP contribution is -2.44. The van der Waals surface area contributed by atoms with Crippen molar-refractivity contribution in [3.8, 4) is 5.75 Å². The summed E-state index contributed by atoms with van der Waals surface area (Å²) in [7, 11) is 0. The van der Waals surface area contributed by atoms with Gasteiger partial charge in [-0.15, -0.1) is 0 Å². The van der Waals surface area contributed by atoms with Gasteiger partial charge in [0.2, 0.25) is 11.8 Å². The van der Waals surface area contributed by atoms with E-state index in [1.54, 1.807) is 18.2 Å². The smallest absolute Gasteiger partial charge is 0.276 e. The molecule has 0 aliphatic carbocycles. The Morgan fingerprint density at radius 1 is 0.862 bits per heavy atom. The van der Waals surface area contributed by atoms with Crippen LogP contribution in [0.15, 0.2) is 36.4 Å². The van der Waals surface area contributed by atoms with Crippen LogP contribution in [-0.4, -0.2) is 24.3 Å². The van der Waals surface area contributed by atoms with E-state index in [0.717, 1.165) is 16.7 Å². The first kappa shape index (κ1) is 22.2. The Bertz CT molecular complexity index is 915. The molecule has 2 aromatic carbocycles. The second kappa shape index (κ2) is 10.5. The number of carbonyl (C=O) groups is 3. The van der Waals surface area contributed by atoms with E-state index in [1.165, 1.54) is 0 Å². The van der Waals surface area contributed by atoms with Crippen molar-refractivity contribution in [1.82, 2.24) is 10.9 Å². The Kier molecular flexibility index (Phi) is 8.03. The van der Waals surface area contributed by atoms with Crippen molar-refractivity contribution in [3.63, 3.8) is 0 Å². The monoisotopic (exact) mass is 417 g/mol. The SMILES string of the molecule is Cc1ccc(NC(=O)CCC(=O)NNC(=O)COc2ccc(Cl)cc2C)c(C)c1. The first-order chi connectivity index (χ1) is 13.7. The fourth-order valence-electron chi connectivity index (χ4n) is 2.55. The molecule has 154 valence electrons. The predicted octanol–water partition coefficient (Wildman–Crippen LogP) is 3.21. The third-order valence-corrected chi connectivity index (χ3v) is 4.31. The molecule has 0 spiro atoms. The van der Waals surface area contributed by atoms with Crippen LogP contribution >= 0.6 is 11.6 Å². The van der Waals surface area contributed by atoms with Gasteiger partial charge in [0.05, 0.1) is 0 Å². The van der Waals surface area contributed by atoms with E-state index in [4.69, 9.17) is 16.3 Å². The van der Waals surface area contributed by atoms with Gasteiger partial charge in [-0.25, -0.2) is 0 Å². The zero-order valence-corrected chi connectivity index (χ0v) is 17.4. The number of nitrogens with one attached hydrogen (secondary N) is 3. The Morgan fingerprint density at radius 2 is 1.55 bits per heavy atom. The average molecular weight is 418 g/mol. The van der Waals surface area contributed by atoms with Crippen LogP contribution in [0.4, 0.5) is 5.69 Å². The molecule has 3 amide bonds. The molecule has 0 aliphatic rings. The van der Waals surface area contributed by atoms with Gasteiger partial charge in [0.15, 0.2) is 6.61 Å². The van der Waals surface area contributed by atoms with E-state index < -0.39 is 11.8 Å². The molecule has 0 heterocycles. The van der Waals surface area contributed by atoms with Gasteiger partial charge in [0.1, 0.15) is 5.75 Å². The van der Waals surface area contributed by atoms with Gasteiger partial charge in [-0.1, -0.05) is 29.3 Å². The number of hydrogen-bond donors (Lipinski definition) is 3. The Morgan fingerprint density at radius 3 is 2.24 bits per heavy atom. The summed E-state index contributed by atoms with van der Waals surface area (Å²) in [5.41, 5.74) is 8.07. The van der Waals surface area contributed by atoms with E-state index in [9.17, 15) is 14.4 Å². The summed E-state index contributed by atoms with van der Waals surface area (Å²) in [5, 5.41) is 3.35. The van der Waals surface area contributed by atoms with Crippen molar-refractivity contribution in [2.75, 3.05) is 11.9 Å². The van der Waals surface area contributed by atoms with Crippen molar-refractivity contribution in [3.05, 3.63) is 58.1 Å². The lowest BCUT2D eigenvalue weighted by Gasteiger charge is -2.11. The Balaban J connectivity index is 1.68. The fraction of sp³-hybridized carbons (Fsp3) is 0.286. The number of amides is 3. The molecule has 8 heteroatoms. The second-order valence-corrected chi connectivity index (χ2v) is 7.10. The summed E-state index contributed by atoms with van der Waals surface area (Å²) < 4.78 is 5.38. The van der Waals surface area contributed by atoms with Crippen LogP contribution in [0, 0.1) is 20.8 Å². The third-order valence-electron chi connectivity index (χ3n) is 4.07. The first-order valence-electron chi connectivity index (χ1n) is 9.08. The number of halogens is 1. The maximum atomic E-state index is 12.0. The standard InChI is InChI=1S/C21H24ClN3O4/c1-13-4-6-17(14(2)10-13)23-19(26)8-9-20(27)24-25-21(28)12-29-18-7-5-16(22)11-15(18)3/h4-7,10-11H,8-9,12H2,1-3H3,(H,23,26)(H,24,27)(H,25,28). The molecule has 2 aromatic rings. The number of benzene rings is 2. The molecule has 0 bridgehead atoms. The third kappa shape index (κ3) is 7.46. The lowest BCUT2D eigenvalue weighted by atomic mass is 10.1. The van der Waals surface area contributed by atoms with Crippen molar-refractivity contribution in [1.29, 1.82) is 0 Å². The van der Waals surface area contributed by atoms with Crippen LogP contribution in [0.1, 0.15) is 29.5 Å². The van der Waals surface area contributed by atoms with Crippen LogP contribution in [0.5, 0.6) is 5.75 Å². The highest BCUT2D eigenvalue weighted by atomic mass is 35.5. The van der Waals surface area contributed by atoms with Crippen molar-refractivity contribution in [2.45, 2.75) is 33.6 Å². The largest absolute Gasteiger partial charge is 0.483 e. The molecule has 0 saturated heterocycles. The Hall–Kier alpha value is -3.06. The topological polar surface area (TPSA) is 96.5 Å². The number of ether oxygens (including phenoxy) is 1. The van der Waals surface area contributed by atoms with E-state index in [0.29, 0.717) is 16.5 Å².